The number of anilines is 1. The number of ketones is 2. The maximum absolute atomic E-state index is 13.8. The van der Waals surface area contributed by atoms with E-state index in [1.807, 2.05) is 25.1 Å². The number of fused-ring (bicyclic) bond motifs is 3. The van der Waals surface area contributed by atoms with Crippen molar-refractivity contribution in [3.63, 3.8) is 0 Å². The Morgan fingerprint density at radius 1 is 1.22 bits per heavy atom. The smallest absolute Gasteiger partial charge is 0.255 e. The molecule has 0 spiro atoms. The largest absolute Gasteiger partial charge is 0.511 e. The van der Waals surface area contributed by atoms with Crippen molar-refractivity contribution in [3.8, 4) is 5.75 Å². The fourth-order valence-corrected chi connectivity index (χ4v) is 5.78. The lowest BCUT2D eigenvalue weighted by Gasteiger charge is -2.46. The molecular weight excluding hydrogens is 466 g/mol. The normalized spacial score (nSPS) is 25.4. The van der Waals surface area contributed by atoms with Gasteiger partial charge in [0.05, 0.1) is 5.56 Å². The number of nitrogens with zero attached hydrogens (tertiary/aromatic N) is 1. The Labute approximate surface area is 209 Å². The molecule has 0 saturated carbocycles. The molecule has 0 unspecified atom stereocenters. The van der Waals surface area contributed by atoms with Crippen LogP contribution >= 0.6 is 0 Å². The summed E-state index contributed by atoms with van der Waals surface area (Å²) in [5.74, 6) is -6.21. The van der Waals surface area contributed by atoms with Crippen LogP contribution in [0.3, 0.4) is 0 Å². The molecule has 1 amide bonds. The number of phenolic OH excluding ortho intramolecular Hbond substituents is 1. The Morgan fingerprint density at radius 3 is 2.53 bits per heavy atom. The molecule has 0 bridgehead atoms. The number of carbonyl (C=O) groups is 3. The number of phenols is 1. The lowest BCUT2D eigenvalue weighted by Crippen LogP contribution is -2.57. The summed E-state index contributed by atoms with van der Waals surface area (Å²) in [6, 6.07) is 1.84. The third-order valence-electron chi connectivity index (χ3n) is 7.62. The first kappa shape index (κ1) is 25.7. The topological polar surface area (TPSA) is 173 Å². The summed E-state index contributed by atoms with van der Waals surface area (Å²) in [6.45, 7) is 3.14. The van der Waals surface area contributed by atoms with Crippen LogP contribution in [0.1, 0.15) is 54.1 Å². The number of nitrogens with one attached hydrogen (secondary N) is 1. The van der Waals surface area contributed by atoms with Crippen LogP contribution in [-0.4, -0.2) is 64.1 Å². The molecule has 7 N–H and O–H groups in total. The number of aliphatic hydroxyl groups excluding tert-OH is 2. The molecule has 0 radical (unpaired) electrons. The van der Waals surface area contributed by atoms with Crippen molar-refractivity contribution in [2.75, 3.05) is 25.5 Å². The number of hydrogen-bond acceptors (Lipinski definition) is 9. The number of aromatic hydroxyl groups is 1. The van der Waals surface area contributed by atoms with Gasteiger partial charge in [0.1, 0.15) is 22.8 Å². The first-order valence-electron chi connectivity index (χ1n) is 12.2. The van der Waals surface area contributed by atoms with Crippen LogP contribution in [0.5, 0.6) is 5.75 Å². The Morgan fingerprint density at radius 2 is 1.92 bits per heavy atom. The highest BCUT2D eigenvalue weighted by atomic mass is 16.3. The van der Waals surface area contributed by atoms with Gasteiger partial charge in [0.15, 0.2) is 11.4 Å². The van der Waals surface area contributed by atoms with E-state index in [9.17, 15) is 34.8 Å². The molecule has 1 aromatic carbocycles. The zero-order valence-electron chi connectivity index (χ0n) is 20.7. The van der Waals surface area contributed by atoms with Crippen molar-refractivity contribution in [2.24, 2.45) is 17.6 Å². The van der Waals surface area contributed by atoms with E-state index >= 15 is 0 Å². The summed E-state index contributed by atoms with van der Waals surface area (Å²) in [5.41, 5.74) is 3.67. The molecule has 10 nitrogen and oxygen atoms in total. The van der Waals surface area contributed by atoms with Gasteiger partial charge in [-0.3, -0.25) is 14.4 Å². The highest BCUT2D eigenvalue weighted by Gasteiger charge is 2.59. The molecule has 0 aliphatic heterocycles. The van der Waals surface area contributed by atoms with Gasteiger partial charge in [-0.15, -0.1) is 0 Å². The number of rotatable bonds is 7. The van der Waals surface area contributed by atoms with Crippen LogP contribution in [0.2, 0.25) is 0 Å². The third kappa shape index (κ3) is 3.75. The number of unbranched alkanes of at least 4 members (excludes halogenated alkanes) is 1. The van der Waals surface area contributed by atoms with Crippen LogP contribution in [0.15, 0.2) is 28.7 Å². The van der Waals surface area contributed by atoms with Gasteiger partial charge < -0.3 is 36.4 Å². The first-order valence-corrected chi connectivity index (χ1v) is 12.2. The summed E-state index contributed by atoms with van der Waals surface area (Å²) >= 11 is 0. The second kappa shape index (κ2) is 9.25. The minimum absolute atomic E-state index is 0.0325. The lowest BCUT2D eigenvalue weighted by atomic mass is 9.60. The highest BCUT2D eigenvalue weighted by molar-refractivity contribution is 6.24. The number of nitrogens with two attached hydrogens (primary N) is 1. The monoisotopic (exact) mass is 499 g/mol. The second-order valence-electron chi connectivity index (χ2n) is 10.1. The molecule has 0 saturated heterocycles. The fraction of sp³-hybridized carbons (Fsp3) is 0.500. The van der Waals surface area contributed by atoms with Crippen molar-refractivity contribution >= 4 is 23.2 Å². The first-order chi connectivity index (χ1) is 16.9. The number of Topliss-reactive ketones (excluding diaryl/α,β-unsaturated/α-hetero) is 2. The van der Waals surface area contributed by atoms with Crippen molar-refractivity contribution in [3.05, 3.63) is 45.4 Å². The van der Waals surface area contributed by atoms with Gasteiger partial charge in [-0.1, -0.05) is 13.3 Å². The molecule has 1 aromatic rings. The zero-order valence-corrected chi connectivity index (χ0v) is 20.7. The molecule has 4 rings (SSSR count). The summed E-state index contributed by atoms with van der Waals surface area (Å²) in [4.78, 5) is 40.5. The molecule has 194 valence electrons. The number of amides is 1. The molecule has 3 atom stereocenters. The van der Waals surface area contributed by atoms with Crippen molar-refractivity contribution in [1.82, 2.24) is 5.32 Å². The number of allylic oxidation sites excluding steroid dienone is 2. The van der Waals surface area contributed by atoms with E-state index in [4.69, 9.17) is 5.73 Å². The van der Waals surface area contributed by atoms with Gasteiger partial charge in [0, 0.05) is 49.8 Å². The van der Waals surface area contributed by atoms with Gasteiger partial charge in [-0.05, 0) is 43.4 Å². The molecule has 3 aliphatic rings. The second-order valence-corrected chi connectivity index (χ2v) is 10.1. The van der Waals surface area contributed by atoms with Gasteiger partial charge in [0.2, 0.25) is 5.78 Å². The molecule has 0 heterocycles. The predicted molar refractivity (Wildman–Crippen MR) is 132 cm³/mol. The summed E-state index contributed by atoms with van der Waals surface area (Å²) in [7, 11) is 3.67. The Hall–Kier alpha value is -3.37. The SMILES string of the molecule is CCCCNCc1cc(N(C)C)c2c(c1O)C(=O)C1=C(O)[C@]3(O)C(=O)C(C(N)=O)=C(O)C[C@@H]3C[C@@H]1C2. The van der Waals surface area contributed by atoms with Gasteiger partial charge in [-0.25, -0.2) is 0 Å². The number of aliphatic hydroxyl groups is 3. The molecule has 0 fully saturated rings. The third-order valence-corrected chi connectivity index (χ3v) is 7.62. The van der Waals surface area contributed by atoms with Crippen molar-refractivity contribution < 1.29 is 34.8 Å². The van der Waals surface area contributed by atoms with Gasteiger partial charge in [0.25, 0.3) is 5.91 Å². The maximum atomic E-state index is 13.8. The number of carbonyl (C=O) groups excluding carboxylic acids is 3. The van der Waals surface area contributed by atoms with Crippen LogP contribution < -0.4 is 16.0 Å². The van der Waals surface area contributed by atoms with Crippen LogP contribution in [0, 0.1) is 11.8 Å². The van der Waals surface area contributed by atoms with Crippen LogP contribution in [-0.2, 0) is 22.6 Å². The van der Waals surface area contributed by atoms with Gasteiger partial charge in [-0.2, -0.15) is 0 Å². The maximum Gasteiger partial charge on any atom is 0.255 e. The quantitative estimate of drug-likeness (QED) is 0.240. The standard InChI is InChI=1S/C26H33N3O7/c1-4-5-6-28-11-13-9-16(29(2)3)15-8-12-7-14-10-17(30)20(25(27)35)24(34)26(14,36)23(33)18(12)22(32)19(15)21(13)31/h9,12,14,28,30-31,33,36H,4-8,10-11H2,1-3H3,(H2,27,35)/t12-,14+,26+/m1/s1. The molecule has 10 heteroatoms. The predicted octanol–water partition coefficient (Wildman–Crippen LogP) is 1.54. The average Bonchev–Trinajstić information content (AvgIpc) is 2.79. The molecule has 36 heavy (non-hydrogen) atoms. The minimum Gasteiger partial charge on any atom is -0.511 e. The van der Waals surface area contributed by atoms with E-state index < -0.39 is 52.0 Å². The number of primary amides is 1. The summed E-state index contributed by atoms with van der Waals surface area (Å²) in [6.07, 6.45) is 2.10. The summed E-state index contributed by atoms with van der Waals surface area (Å²) in [5, 5.41) is 47.2. The highest BCUT2D eigenvalue weighted by Crippen LogP contribution is 2.52. The van der Waals surface area contributed by atoms with E-state index in [1.165, 1.54) is 0 Å². The Bertz CT molecular complexity index is 1220. The van der Waals surface area contributed by atoms with Crippen LogP contribution in [0.4, 0.5) is 5.69 Å². The number of hydrogen-bond donors (Lipinski definition) is 6. The number of benzene rings is 1. The van der Waals surface area contributed by atoms with E-state index in [-0.39, 0.29) is 36.1 Å². The van der Waals surface area contributed by atoms with E-state index in [0.717, 1.165) is 25.1 Å². The molecule has 3 aliphatic carbocycles. The van der Waals surface area contributed by atoms with Crippen molar-refractivity contribution in [2.45, 2.75) is 51.2 Å². The summed E-state index contributed by atoms with van der Waals surface area (Å²) < 4.78 is 0. The fourth-order valence-electron chi connectivity index (χ4n) is 5.78. The van der Waals surface area contributed by atoms with Crippen LogP contribution in [0.25, 0.3) is 0 Å². The van der Waals surface area contributed by atoms with Crippen molar-refractivity contribution in [1.29, 1.82) is 0 Å². The lowest BCUT2D eigenvalue weighted by molar-refractivity contribution is -0.144. The Balaban J connectivity index is 1.84. The molecular formula is C26H33N3O7. The van der Waals surface area contributed by atoms with E-state index in [0.29, 0.717) is 17.7 Å². The minimum atomic E-state index is -2.56. The zero-order chi connectivity index (χ0) is 26.5. The van der Waals surface area contributed by atoms with E-state index in [2.05, 4.69) is 12.2 Å². The molecule has 0 aromatic heterocycles. The van der Waals surface area contributed by atoms with Gasteiger partial charge >= 0.3 is 0 Å². The average molecular weight is 500 g/mol. The van der Waals surface area contributed by atoms with E-state index in [1.54, 1.807) is 0 Å². The Kier molecular flexibility index (Phi) is 6.61.